The zero-order valence-corrected chi connectivity index (χ0v) is 11.1. The van der Waals surface area contributed by atoms with Crippen LogP contribution in [-0.4, -0.2) is 35.7 Å². The number of esters is 1. The first-order valence-corrected chi connectivity index (χ1v) is 6.30. The lowest BCUT2D eigenvalue weighted by molar-refractivity contribution is -0.148. The van der Waals surface area contributed by atoms with E-state index in [0.29, 0.717) is 12.0 Å². The Morgan fingerprint density at radius 3 is 2.42 bits per heavy atom. The van der Waals surface area contributed by atoms with Crippen molar-refractivity contribution in [1.29, 1.82) is 0 Å². The third kappa shape index (κ3) is 4.37. The number of amides is 1. The molecular weight excluding hydrogens is 246 g/mol. The average molecular weight is 265 g/mol. The average Bonchev–Trinajstić information content (AvgIpc) is 2.44. The van der Waals surface area contributed by atoms with Gasteiger partial charge in [0.15, 0.2) is 6.04 Å². The quantitative estimate of drug-likeness (QED) is 0.756. The van der Waals surface area contributed by atoms with E-state index < -0.39 is 24.0 Å². The lowest BCUT2D eigenvalue weighted by Gasteiger charge is -2.21. The summed E-state index contributed by atoms with van der Waals surface area (Å²) in [5.41, 5.74) is 0.431. The highest BCUT2D eigenvalue weighted by Gasteiger charge is 2.28. The summed E-state index contributed by atoms with van der Waals surface area (Å²) in [7, 11) is 0. The Hall–Kier alpha value is -1.88. The van der Waals surface area contributed by atoms with Crippen LogP contribution in [0, 0.1) is 0 Å². The third-order valence-corrected chi connectivity index (χ3v) is 2.67. The first-order chi connectivity index (χ1) is 9.10. The van der Waals surface area contributed by atoms with Gasteiger partial charge in [-0.3, -0.25) is 4.79 Å². The van der Waals surface area contributed by atoms with Crippen molar-refractivity contribution in [1.82, 2.24) is 5.32 Å². The molecule has 0 fully saturated rings. The molecule has 0 aliphatic rings. The van der Waals surface area contributed by atoms with Gasteiger partial charge in [-0.25, -0.2) is 4.79 Å². The number of carbonyl (C=O) groups is 2. The largest absolute Gasteiger partial charge is 0.464 e. The van der Waals surface area contributed by atoms with Crippen LogP contribution in [0.4, 0.5) is 0 Å². The highest BCUT2D eigenvalue weighted by Crippen LogP contribution is 2.05. The van der Waals surface area contributed by atoms with Crippen LogP contribution in [0.1, 0.15) is 30.6 Å². The number of carbonyl (C=O) groups excluding carboxylic acids is 2. The molecule has 0 heterocycles. The molecule has 0 saturated heterocycles. The zero-order valence-electron chi connectivity index (χ0n) is 11.1. The Morgan fingerprint density at radius 1 is 1.26 bits per heavy atom. The van der Waals surface area contributed by atoms with Crippen molar-refractivity contribution in [2.75, 3.05) is 6.61 Å². The lowest BCUT2D eigenvalue weighted by atomic mass is 10.1. The van der Waals surface area contributed by atoms with Gasteiger partial charge in [0.1, 0.15) is 0 Å². The third-order valence-electron chi connectivity index (χ3n) is 2.67. The molecule has 1 aromatic rings. The number of nitrogens with one attached hydrogen (secondary N) is 1. The molecule has 104 valence electrons. The molecule has 0 bridgehead atoms. The molecule has 0 saturated carbocycles. The minimum atomic E-state index is -1.04. The minimum absolute atomic E-state index is 0.201. The van der Waals surface area contributed by atoms with Crippen LogP contribution in [0.3, 0.4) is 0 Å². The molecule has 0 aliphatic heterocycles. The predicted molar refractivity (Wildman–Crippen MR) is 70.6 cm³/mol. The summed E-state index contributed by atoms with van der Waals surface area (Å²) < 4.78 is 4.85. The molecule has 19 heavy (non-hydrogen) atoms. The maximum absolute atomic E-state index is 12.0. The minimum Gasteiger partial charge on any atom is -0.464 e. The number of hydrogen-bond acceptors (Lipinski definition) is 4. The molecule has 0 radical (unpaired) electrons. The summed E-state index contributed by atoms with van der Waals surface area (Å²) in [6.07, 6.45) is -0.620. The van der Waals surface area contributed by atoms with E-state index in [0.717, 1.165) is 0 Å². The second-order valence-corrected chi connectivity index (χ2v) is 4.04. The van der Waals surface area contributed by atoms with E-state index in [1.165, 1.54) is 0 Å². The second kappa shape index (κ2) is 7.53. The monoisotopic (exact) mass is 265 g/mol. The Labute approximate surface area is 112 Å². The molecule has 0 aromatic heterocycles. The van der Waals surface area contributed by atoms with E-state index in [4.69, 9.17) is 4.74 Å². The first kappa shape index (κ1) is 15.2. The summed E-state index contributed by atoms with van der Waals surface area (Å²) >= 11 is 0. The number of aliphatic hydroxyl groups is 1. The number of ether oxygens (including phenoxy) is 1. The Morgan fingerprint density at radius 2 is 1.89 bits per heavy atom. The van der Waals surface area contributed by atoms with Crippen LogP contribution in [0.2, 0.25) is 0 Å². The maximum atomic E-state index is 12.0. The fourth-order valence-electron chi connectivity index (χ4n) is 1.59. The molecule has 2 N–H and O–H groups in total. The van der Waals surface area contributed by atoms with Gasteiger partial charge in [0.05, 0.1) is 12.7 Å². The molecule has 1 aromatic carbocycles. The molecule has 5 heteroatoms. The highest BCUT2D eigenvalue weighted by molar-refractivity contribution is 5.96. The van der Waals surface area contributed by atoms with Crippen molar-refractivity contribution in [3.8, 4) is 0 Å². The smallest absolute Gasteiger partial charge is 0.331 e. The van der Waals surface area contributed by atoms with Crippen LogP contribution in [-0.2, 0) is 9.53 Å². The van der Waals surface area contributed by atoms with E-state index in [1.807, 2.05) is 0 Å². The maximum Gasteiger partial charge on any atom is 0.331 e. The van der Waals surface area contributed by atoms with Crippen molar-refractivity contribution in [2.24, 2.45) is 0 Å². The van der Waals surface area contributed by atoms with Crippen molar-refractivity contribution >= 4 is 11.9 Å². The number of aliphatic hydroxyl groups excluding tert-OH is 1. The van der Waals surface area contributed by atoms with Crippen LogP contribution < -0.4 is 5.32 Å². The lowest BCUT2D eigenvalue weighted by Crippen LogP contribution is -2.49. The Balaban J connectivity index is 2.77. The molecule has 0 aliphatic carbocycles. The molecule has 5 nitrogen and oxygen atoms in total. The van der Waals surface area contributed by atoms with Crippen LogP contribution in [0.5, 0.6) is 0 Å². The fraction of sp³-hybridized carbons (Fsp3) is 0.429. The van der Waals surface area contributed by atoms with E-state index >= 15 is 0 Å². The van der Waals surface area contributed by atoms with E-state index in [9.17, 15) is 14.7 Å². The zero-order chi connectivity index (χ0) is 14.3. The molecule has 1 amide bonds. The standard InChI is InChI=1S/C14H19NO4/c1-3-11(16)12(14(18)19-4-2)15-13(17)10-8-6-5-7-9-10/h5-9,11-12,16H,3-4H2,1-2H3,(H,15,17)/t11-,12?/m1/s1. The van der Waals surface area contributed by atoms with Gasteiger partial charge >= 0.3 is 5.97 Å². The van der Waals surface area contributed by atoms with Gasteiger partial charge in [-0.15, -0.1) is 0 Å². The van der Waals surface area contributed by atoms with Crippen LogP contribution >= 0.6 is 0 Å². The Kier molecular flexibility index (Phi) is 6.02. The van der Waals surface area contributed by atoms with Gasteiger partial charge in [0.25, 0.3) is 5.91 Å². The predicted octanol–water partition coefficient (Wildman–Crippen LogP) is 1.12. The fourth-order valence-corrected chi connectivity index (χ4v) is 1.59. The second-order valence-electron chi connectivity index (χ2n) is 4.04. The van der Waals surface area contributed by atoms with Crippen molar-refractivity contribution in [2.45, 2.75) is 32.4 Å². The SMILES string of the molecule is CCOC(=O)C(NC(=O)c1ccccc1)[C@H](O)CC. The molecular formula is C14H19NO4. The molecule has 1 rings (SSSR count). The van der Waals surface area contributed by atoms with Gasteiger partial charge in [0, 0.05) is 5.56 Å². The van der Waals surface area contributed by atoms with Gasteiger partial charge in [-0.1, -0.05) is 25.1 Å². The molecule has 1 unspecified atom stereocenters. The number of hydrogen-bond donors (Lipinski definition) is 2. The van der Waals surface area contributed by atoms with Crippen LogP contribution in [0.25, 0.3) is 0 Å². The van der Waals surface area contributed by atoms with Gasteiger partial charge in [-0.2, -0.15) is 0 Å². The molecule has 2 atom stereocenters. The first-order valence-electron chi connectivity index (χ1n) is 6.30. The normalized spacial score (nSPS) is 13.4. The van der Waals surface area contributed by atoms with E-state index in [1.54, 1.807) is 44.2 Å². The number of rotatable bonds is 6. The van der Waals surface area contributed by atoms with Gasteiger partial charge < -0.3 is 15.2 Å². The molecule has 0 spiro atoms. The van der Waals surface area contributed by atoms with E-state index in [2.05, 4.69) is 5.32 Å². The summed E-state index contributed by atoms with van der Waals surface area (Å²) in [4.78, 5) is 23.7. The van der Waals surface area contributed by atoms with Crippen LogP contribution in [0.15, 0.2) is 30.3 Å². The summed E-state index contributed by atoms with van der Waals surface area (Å²) in [5.74, 6) is -1.03. The van der Waals surface area contributed by atoms with Gasteiger partial charge in [-0.05, 0) is 25.5 Å². The van der Waals surface area contributed by atoms with Crippen molar-refractivity contribution in [3.63, 3.8) is 0 Å². The number of benzene rings is 1. The topological polar surface area (TPSA) is 75.6 Å². The van der Waals surface area contributed by atoms with Crippen molar-refractivity contribution < 1.29 is 19.4 Å². The van der Waals surface area contributed by atoms with E-state index in [-0.39, 0.29) is 6.61 Å². The van der Waals surface area contributed by atoms with Gasteiger partial charge in [0.2, 0.25) is 0 Å². The summed E-state index contributed by atoms with van der Waals surface area (Å²) in [6.45, 7) is 3.60. The summed E-state index contributed by atoms with van der Waals surface area (Å²) in [6, 6.07) is 7.47. The van der Waals surface area contributed by atoms with Crippen molar-refractivity contribution in [3.05, 3.63) is 35.9 Å². The summed E-state index contributed by atoms with van der Waals surface area (Å²) in [5, 5.41) is 12.3. The highest BCUT2D eigenvalue weighted by atomic mass is 16.5. The Bertz CT molecular complexity index is 419.